The first-order valence-electron chi connectivity index (χ1n) is 12.3. The molecule has 4 aromatic rings. The fourth-order valence-corrected chi connectivity index (χ4v) is 5.84. The molecule has 0 saturated carbocycles. The summed E-state index contributed by atoms with van der Waals surface area (Å²) in [6.45, 7) is 1.77. The highest BCUT2D eigenvalue weighted by atomic mass is 32.2. The highest BCUT2D eigenvalue weighted by Gasteiger charge is 2.45. The molecule has 0 radical (unpaired) electrons. The van der Waals surface area contributed by atoms with Crippen LogP contribution in [-0.2, 0) is 32.3 Å². The van der Waals surface area contributed by atoms with E-state index in [0.717, 1.165) is 24.0 Å². The Labute approximate surface area is 222 Å². The first-order chi connectivity index (χ1) is 18.2. The molecule has 0 bridgehead atoms. The molecule has 0 aliphatic carbocycles. The maximum atomic E-state index is 13.9. The van der Waals surface area contributed by atoms with Crippen LogP contribution in [0.3, 0.4) is 0 Å². The van der Waals surface area contributed by atoms with Crippen LogP contribution >= 0.6 is 0 Å². The number of carboxylic acid groups (broad SMARTS) is 1. The first-order valence-corrected chi connectivity index (χ1v) is 13.8. The number of nitrogens with two attached hydrogens (primary N) is 1. The number of aryl methyl sites for hydroxylation is 1. The molecule has 4 N–H and O–H groups in total. The highest BCUT2D eigenvalue weighted by Crippen LogP contribution is 2.34. The van der Waals surface area contributed by atoms with E-state index in [-0.39, 0.29) is 29.5 Å². The Morgan fingerprint density at radius 2 is 1.71 bits per heavy atom. The van der Waals surface area contributed by atoms with Gasteiger partial charge in [0.1, 0.15) is 12.4 Å². The lowest BCUT2D eigenvalue weighted by Gasteiger charge is -2.29. The number of benzene rings is 2. The van der Waals surface area contributed by atoms with E-state index < -0.39 is 20.7 Å². The van der Waals surface area contributed by atoms with Crippen molar-refractivity contribution in [3.05, 3.63) is 108 Å². The predicted octanol–water partition coefficient (Wildman–Crippen LogP) is 4.42. The zero-order chi connectivity index (χ0) is 27.2. The molecular weight excluding hydrogens is 500 g/mol. The van der Waals surface area contributed by atoms with Gasteiger partial charge in [0.2, 0.25) is 9.84 Å². The molecular formula is C29H30N4O4S. The molecule has 0 spiro atoms. The minimum Gasteiger partial charge on any atom is -0.480 e. The van der Waals surface area contributed by atoms with Gasteiger partial charge in [-0.05, 0) is 52.9 Å². The second-order valence-electron chi connectivity index (χ2n) is 9.04. The van der Waals surface area contributed by atoms with E-state index in [1.807, 2.05) is 36.4 Å². The smallest absolute Gasteiger partial charge is 0.322 e. The lowest BCUT2D eigenvalue weighted by Crippen LogP contribution is -2.47. The molecule has 8 nitrogen and oxygen atoms in total. The van der Waals surface area contributed by atoms with E-state index in [9.17, 15) is 13.2 Å². The number of nitrogens with zero attached hydrogens (tertiary/aromatic N) is 2. The van der Waals surface area contributed by atoms with E-state index in [1.54, 1.807) is 24.3 Å². The average Bonchev–Trinajstić information content (AvgIpc) is 2.93. The molecule has 0 saturated heterocycles. The Hall–Kier alpha value is -4.08. The van der Waals surface area contributed by atoms with Crippen molar-refractivity contribution in [2.45, 2.75) is 36.1 Å². The summed E-state index contributed by atoms with van der Waals surface area (Å²) in [5.41, 5.74) is 10.9. The van der Waals surface area contributed by atoms with Gasteiger partial charge in [-0.15, -0.1) is 0 Å². The normalized spacial score (nSPS) is 13.0. The second kappa shape index (κ2) is 11.5. The summed E-state index contributed by atoms with van der Waals surface area (Å²) in [5.74, 6) is -0.865. The number of aromatic nitrogens is 2. The van der Waals surface area contributed by atoms with Gasteiger partial charge in [0, 0.05) is 12.6 Å². The maximum absolute atomic E-state index is 13.9. The number of carboxylic acids is 1. The third-order valence-corrected chi connectivity index (χ3v) is 8.32. The van der Waals surface area contributed by atoms with Gasteiger partial charge < -0.3 is 16.2 Å². The van der Waals surface area contributed by atoms with Crippen LogP contribution in [0.25, 0.3) is 11.1 Å². The Balaban J connectivity index is 1.72. The Bertz CT molecular complexity index is 1510. The third kappa shape index (κ3) is 5.90. The van der Waals surface area contributed by atoms with Crippen LogP contribution in [0.1, 0.15) is 30.2 Å². The number of hydrogen-bond acceptors (Lipinski definition) is 7. The lowest BCUT2D eigenvalue weighted by atomic mass is 9.97. The van der Waals surface area contributed by atoms with E-state index in [2.05, 4.69) is 34.3 Å². The van der Waals surface area contributed by atoms with Crippen LogP contribution in [0.4, 0.5) is 5.82 Å². The molecule has 196 valence electrons. The van der Waals surface area contributed by atoms with E-state index in [4.69, 9.17) is 10.8 Å². The number of aliphatic carboxylic acids is 1. The summed E-state index contributed by atoms with van der Waals surface area (Å²) in [6.07, 6.45) is 3.39. The van der Waals surface area contributed by atoms with E-state index in [1.165, 1.54) is 23.9 Å². The summed E-state index contributed by atoms with van der Waals surface area (Å²) >= 11 is 0. The predicted molar refractivity (Wildman–Crippen MR) is 147 cm³/mol. The minimum absolute atomic E-state index is 0.0720. The van der Waals surface area contributed by atoms with Gasteiger partial charge in [0.25, 0.3) is 0 Å². The van der Waals surface area contributed by atoms with Crippen molar-refractivity contribution in [2.75, 3.05) is 11.9 Å². The van der Waals surface area contributed by atoms with E-state index in [0.29, 0.717) is 5.56 Å². The van der Waals surface area contributed by atoms with Crippen LogP contribution in [0.2, 0.25) is 0 Å². The van der Waals surface area contributed by atoms with Gasteiger partial charge in [-0.2, -0.15) is 0 Å². The maximum Gasteiger partial charge on any atom is 0.322 e. The van der Waals surface area contributed by atoms with Gasteiger partial charge in [-0.1, -0.05) is 74.0 Å². The quantitative estimate of drug-likeness (QED) is 0.259. The molecule has 1 unspecified atom stereocenters. The number of rotatable bonds is 11. The number of anilines is 1. The summed E-state index contributed by atoms with van der Waals surface area (Å²) in [4.78, 5) is 17.5. The number of hydrogen-bond donors (Lipinski definition) is 3. The number of nitrogens with one attached hydrogen (secondary N) is 1. The molecule has 9 heteroatoms. The minimum atomic E-state index is -4.21. The molecule has 2 aromatic carbocycles. The number of pyridine rings is 2. The van der Waals surface area contributed by atoms with Crippen molar-refractivity contribution in [3.8, 4) is 11.1 Å². The SMILES string of the molecule is CCCc1cccc(-c2ccc(CC(N)(c3cccc(NCC(=O)O)n3)S(=O)(=O)c3ccccn3)cc2)c1. The molecule has 2 aromatic heterocycles. The standard InChI is InChI=1S/C29H30N4O4S/c1-2-7-21-8-5-9-24(18-21)23-15-13-22(14-16-23)19-29(30,38(36,37)27-12-3-4-17-31-27)25-10-6-11-26(33-25)32-20-28(34)35/h3-6,8-18H,2,7,19-20,30H2,1H3,(H,32,33)(H,34,35). The molecule has 1 atom stereocenters. The molecule has 0 aliphatic rings. The molecule has 0 aliphatic heterocycles. The van der Waals surface area contributed by atoms with Crippen LogP contribution in [0.5, 0.6) is 0 Å². The fourth-order valence-electron chi connectivity index (χ4n) is 4.26. The molecule has 2 heterocycles. The molecule has 0 fully saturated rings. The van der Waals surface area contributed by atoms with Crippen molar-refractivity contribution in [3.63, 3.8) is 0 Å². The van der Waals surface area contributed by atoms with Crippen molar-refractivity contribution < 1.29 is 18.3 Å². The van der Waals surface area contributed by atoms with Crippen molar-refractivity contribution in [1.29, 1.82) is 0 Å². The Morgan fingerprint density at radius 1 is 0.947 bits per heavy atom. The monoisotopic (exact) mass is 530 g/mol. The van der Waals surface area contributed by atoms with E-state index >= 15 is 0 Å². The summed E-state index contributed by atoms with van der Waals surface area (Å²) in [6, 6.07) is 25.3. The largest absolute Gasteiger partial charge is 0.480 e. The highest BCUT2D eigenvalue weighted by molar-refractivity contribution is 7.92. The van der Waals surface area contributed by atoms with Gasteiger partial charge in [0.05, 0.1) is 5.69 Å². The summed E-state index contributed by atoms with van der Waals surface area (Å²) < 4.78 is 27.8. The van der Waals surface area contributed by atoms with Gasteiger partial charge in [-0.25, -0.2) is 18.4 Å². The zero-order valence-corrected chi connectivity index (χ0v) is 21.9. The van der Waals surface area contributed by atoms with Crippen molar-refractivity contribution >= 4 is 21.6 Å². The van der Waals surface area contributed by atoms with Crippen LogP contribution < -0.4 is 11.1 Å². The van der Waals surface area contributed by atoms with Gasteiger partial charge in [0.15, 0.2) is 9.90 Å². The Morgan fingerprint density at radius 3 is 2.39 bits per heavy atom. The lowest BCUT2D eigenvalue weighted by molar-refractivity contribution is -0.134. The third-order valence-electron chi connectivity index (χ3n) is 6.22. The van der Waals surface area contributed by atoms with Crippen LogP contribution in [0.15, 0.2) is 96.2 Å². The molecule has 38 heavy (non-hydrogen) atoms. The van der Waals surface area contributed by atoms with Gasteiger partial charge >= 0.3 is 5.97 Å². The summed E-state index contributed by atoms with van der Waals surface area (Å²) in [5, 5.41) is 11.5. The number of carbonyl (C=O) groups is 1. The van der Waals surface area contributed by atoms with Crippen LogP contribution in [-0.4, -0.2) is 36.0 Å². The number of sulfone groups is 1. The van der Waals surface area contributed by atoms with Crippen LogP contribution in [0, 0.1) is 0 Å². The topological polar surface area (TPSA) is 135 Å². The molecule has 0 amide bonds. The Kier molecular flexibility index (Phi) is 8.19. The van der Waals surface area contributed by atoms with Crippen molar-refractivity contribution in [1.82, 2.24) is 9.97 Å². The fraction of sp³-hybridized carbons (Fsp3) is 0.207. The average molecular weight is 531 g/mol. The molecule has 4 rings (SSSR count). The zero-order valence-electron chi connectivity index (χ0n) is 21.0. The first kappa shape index (κ1) is 27.0. The van der Waals surface area contributed by atoms with Gasteiger partial charge in [-0.3, -0.25) is 4.79 Å². The second-order valence-corrected chi connectivity index (χ2v) is 11.2. The van der Waals surface area contributed by atoms with Crippen molar-refractivity contribution in [2.24, 2.45) is 5.73 Å². The summed E-state index contributed by atoms with van der Waals surface area (Å²) in [7, 11) is -4.21.